The van der Waals surface area contributed by atoms with Crippen molar-refractivity contribution in [3.05, 3.63) is 66.0 Å². The minimum atomic E-state index is -0.566. The van der Waals surface area contributed by atoms with Gasteiger partial charge in [-0.05, 0) is 17.2 Å². The molecule has 2 N–H and O–H groups in total. The van der Waals surface area contributed by atoms with Gasteiger partial charge in [-0.2, -0.15) is 0 Å². The van der Waals surface area contributed by atoms with Gasteiger partial charge in [0.05, 0.1) is 24.2 Å². The van der Waals surface area contributed by atoms with Crippen molar-refractivity contribution in [1.82, 2.24) is 10.3 Å². The number of nitrogens with zero attached hydrogens (tertiary/aromatic N) is 2. The van der Waals surface area contributed by atoms with Crippen LogP contribution in [0.25, 0.3) is 0 Å². The maximum atomic E-state index is 12.3. The van der Waals surface area contributed by atoms with Crippen LogP contribution in [0.1, 0.15) is 17.2 Å². The predicted octanol–water partition coefficient (Wildman–Crippen LogP) is 1.58. The Morgan fingerprint density at radius 2 is 2.04 bits per heavy atom. The summed E-state index contributed by atoms with van der Waals surface area (Å²) in [6, 6.07) is 12.4. The first-order valence-electron chi connectivity index (χ1n) is 7.55. The third-order valence-corrected chi connectivity index (χ3v) is 3.92. The number of carbonyl (C=O) groups excluding carboxylic acids is 2. The Balaban J connectivity index is 2.04. The first kappa shape index (κ1) is 15.7. The second kappa shape index (κ2) is 6.95. The number of aldehydes is 1. The number of aliphatic imine (C=N–C) groups is 1. The molecule has 120 valence electrons. The maximum Gasteiger partial charge on any atom is 0.266 e. The van der Waals surface area contributed by atoms with Gasteiger partial charge in [-0.1, -0.05) is 36.4 Å². The minimum Gasteiger partial charge on any atom is -0.343 e. The van der Waals surface area contributed by atoms with E-state index >= 15 is 0 Å². The molecule has 0 saturated carbocycles. The summed E-state index contributed by atoms with van der Waals surface area (Å²) >= 11 is 0. The van der Waals surface area contributed by atoms with Gasteiger partial charge in [-0.3, -0.25) is 14.8 Å². The molecule has 1 aromatic heterocycles. The molecule has 1 amide bonds. The minimum absolute atomic E-state index is 0.0961. The summed E-state index contributed by atoms with van der Waals surface area (Å²) in [6.07, 6.45) is 3.96. The van der Waals surface area contributed by atoms with E-state index in [1.807, 2.05) is 36.4 Å². The summed E-state index contributed by atoms with van der Waals surface area (Å²) in [5.74, 6) is -0.916. The number of aromatic nitrogens is 1. The average Bonchev–Trinajstić information content (AvgIpc) is 2.97. The van der Waals surface area contributed by atoms with Gasteiger partial charge < -0.3 is 15.5 Å². The Labute approximate surface area is 139 Å². The van der Waals surface area contributed by atoms with E-state index in [4.69, 9.17) is 5.41 Å². The van der Waals surface area contributed by atoms with Crippen molar-refractivity contribution in [1.29, 1.82) is 5.41 Å². The van der Waals surface area contributed by atoms with Crippen molar-refractivity contribution in [2.45, 2.75) is 6.04 Å². The molecule has 2 aromatic rings. The van der Waals surface area contributed by atoms with Gasteiger partial charge in [0.15, 0.2) is 0 Å². The normalized spacial score (nSPS) is 21.5. The third-order valence-electron chi connectivity index (χ3n) is 3.92. The largest absolute Gasteiger partial charge is 0.343 e. The average molecular weight is 320 g/mol. The number of carbonyl (C=O) groups is 2. The first-order chi connectivity index (χ1) is 11.7. The van der Waals surface area contributed by atoms with Crippen LogP contribution >= 0.6 is 0 Å². The number of hydrogen-bond donors (Lipinski definition) is 2. The molecule has 6 nitrogen and oxygen atoms in total. The highest BCUT2D eigenvalue weighted by atomic mass is 16.2. The molecular formula is C18H16N4O2. The monoisotopic (exact) mass is 320 g/mol. The Morgan fingerprint density at radius 3 is 2.71 bits per heavy atom. The fourth-order valence-corrected chi connectivity index (χ4v) is 2.84. The number of amides is 1. The van der Waals surface area contributed by atoms with E-state index in [0.29, 0.717) is 11.8 Å². The lowest BCUT2D eigenvalue weighted by molar-refractivity contribution is -0.114. The lowest BCUT2D eigenvalue weighted by atomic mass is 9.86. The molecule has 6 heteroatoms. The summed E-state index contributed by atoms with van der Waals surface area (Å²) in [6.45, 7) is -0.0961. The van der Waals surface area contributed by atoms with Crippen LogP contribution in [-0.2, 0) is 9.59 Å². The molecular weight excluding hydrogens is 304 g/mol. The summed E-state index contributed by atoms with van der Waals surface area (Å²) < 4.78 is 0. The van der Waals surface area contributed by atoms with Crippen molar-refractivity contribution in [3.8, 4) is 0 Å². The number of rotatable bonds is 5. The highest BCUT2D eigenvalue weighted by molar-refractivity contribution is 6.46. The summed E-state index contributed by atoms with van der Waals surface area (Å²) in [5.41, 5.74) is 2.01. The van der Waals surface area contributed by atoms with Crippen LogP contribution in [0.5, 0.6) is 0 Å². The van der Waals surface area contributed by atoms with Gasteiger partial charge in [0, 0.05) is 12.4 Å². The predicted molar refractivity (Wildman–Crippen MR) is 90.2 cm³/mol. The van der Waals surface area contributed by atoms with E-state index in [2.05, 4.69) is 15.3 Å². The molecule has 3 rings (SSSR count). The van der Waals surface area contributed by atoms with Crippen LogP contribution in [0, 0.1) is 11.3 Å². The molecule has 2 atom stereocenters. The van der Waals surface area contributed by atoms with Crippen LogP contribution in [0.2, 0.25) is 0 Å². The molecule has 1 aromatic carbocycles. The fourth-order valence-electron chi connectivity index (χ4n) is 2.84. The maximum absolute atomic E-state index is 12.3. The standard InChI is InChI=1S/C18H16N4O2/c19-15(12-5-2-1-3-6-12)14-16(13-7-4-8-20-11-13)22-18(24)17(14)21-9-10-23/h1-8,10-11,14,16,19H,9H2,(H,22,24). The number of pyridine rings is 1. The number of hydrogen-bond acceptors (Lipinski definition) is 5. The van der Waals surface area contributed by atoms with Crippen molar-refractivity contribution in [2.75, 3.05) is 6.54 Å². The summed E-state index contributed by atoms with van der Waals surface area (Å²) in [5, 5.41) is 11.4. The molecule has 0 radical (unpaired) electrons. The molecule has 24 heavy (non-hydrogen) atoms. The van der Waals surface area contributed by atoms with E-state index < -0.39 is 12.0 Å². The molecule has 0 aliphatic carbocycles. The molecule has 1 fully saturated rings. The van der Waals surface area contributed by atoms with E-state index in [1.165, 1.54) is 0 Å². The van der Waals surface area contributed by atoms with Crippen LogP contribution in [-0.4, -0.2) is 35.1 Å². The van der Waals surface area contributed by atoms with Crippen molar-refractivity contribution >= 4 is 23.6 Å². The molecule has 2 unspecified atom stereocenters. The van der Waals surface area contributed by atoms with Gasteiger partial charge in [0.1, 0.15) is 12.0 Å². The van der Waals surface area contributed by atoms with E-state index in [0.717, 1.165) is 5.56 Å². The Kier molecular flexibility index (Phi) is 4.56. The lowest BCUT2D eigenvalue weighted by Crippen LogP contribution is -2.27. The SMILES string of the molecule is N=C(c1ccccc1)C1C(=NCC=O)C(=O)NC1c1cccnc1. The molecule has 1 aliphatic heterocycles. The number of benzene rings is 1. The van der Waals surface area contributed by atoms with Crippen LogP contribution in [0.4, 0.5) is 0 Å². The third kappa shape index (κ3) is 2.99. The van der Waals surface area contributed by atoms with Gasteiger partial charge >= 0.3 is 0 Å². The van der Waals surface area contributed by atoms with Crippen molar-refractivity contribution in [3.63, 3.8) is 0 Å². The second-order valence-electron chi connectivity index (χ2n) is 5.39. The Bertz CT molecular complexity index is 787. The zero-order chi connectivity index (χ0) is 16.9. The zero-order valence-electron chi connectivity index (χ0n) is 12.8. The molecule has 2 heterocycles. The Hall–Kier alpha value is -3.15. The van der Waals surface area contributed by atoms with E-state index in [1.54, 1.807) is 18.5 Å². The van der Waals surface area contributed by atoms with Crippen molar-refractivity contribution in [2.24, 2.45) is 10.9 Å². The molecule has 0 spiro atoms. The van der Waals surface area contributed by atoms with Crippen LogP contribution in [0.3, 0.4) is 0 Å². The van der Waals surface area contributed by atoms with E-state index in [9.17, 15) is 9.59 Å². The number of nitrogens with one attached hydrogen (secondary N) is 2. The highest BCUT2D eigenvalue weighted by Gasteiger charge is 2.42. The lowest BCUT2D eigenvalue weighted by Gasteiger charge is -2.20. The van der Waals surface area contributed by atoms with Crippen LogP contribution < -0.4 is 5.32 Å². The molecule has 1 saturated heterocycles. The highest BCUT2D eigenvalue weighted by Crippen LogP contribution is 2.31. The first-order valence-corrected chi connectivity index (χ1v) is 7.55. The van der Waals surface area contributed by atoms with Crippen molar-refractivity contribution < 1.29 is 9.59 Å². The molecule has 1 aliphatic rings. The topological polar surface area (TPSA) is 95.3 Å². The van der Waals surface area contributed by atoms with Gasteiger partial charge in [0.2, 0.25) is 0 Å². The van der Waals surface area contributed by atoms with Gasteiger partial charge in [0.25, 0.3) is 5.91 Å². The van der Waals surface area contributed by atoms with E-state index in [-0.39, 0.29) is 23.9 Å². The fraction of sp³-hybridized carbons (Fsp3) is 0.167. The summed E-state index contributed by atoms with van der Waals surface area (Å²) in [7, 11) is 0. The second-order valence-corrected chi connectivity index (χ2v) is 5.39. The molecule has 0 bridgehead atoms. The van der Waals surface area contributed by atoms with Crippen LogP contribution in [0.15, 0.2) is 59.9 Å². The van der Waals surface area contributed by atoms with Gasteiger partial charge in [-0.25, -0.2) is 0 Å². The Morgan fingerprint density at radius 1 is 1.25 bits per heavy atom. The quantitative estimate of drug-likeness (QED) is 0.646. The smallest absolute Gasteiger partial charge is 0.266 e. The zero-order valence-corrected chi connectivity index (χ0v) is 12.8. The summed E-state index contributed by atoms with van der Waals surface area (Å²) in [4.78, 5) is 31.2. The van der Waals surface area contributed by atoms with Gasteiger partial charge in [-0.15, -0.1) is 0 Å².